The molecule has 0 aliphatic rings. The van der Waals surface area contributed by atoms with E-state index in [1.807, 2.05) is 12.1 Å². The highest BCUT2D eigenvalue weighted by molar-refractivity contribution is 5.27. The molecule has 0 fully saturated rings. The van der Waals surface area contributed by atoms with Gasteiger partial charge >= 0.3 is 0 Å². The summed E-state index contributed by atoms with van der Waals surface area (Å²) < 4.78 is 2.06. The van der Waals surface area contributed by atoms with Crippen LogP contribution in [0.25, 0.3) is 0 Å². The van der Waals surface area contributed by atoms with E-state index in [9.17, 15) is 0 Å². The summed E-state index contributed by atoms with van der Waals surface area (Å²) in [4.78, 5) is 0. The first-order chi connectivity index (χ1) is 10.2. The van der Waals surface area contributed by atoms with Gasteiger partial charge in [-0.05, 0) is 37.9 Å². The number of nitrogens with zero attached hydrogens (tertiary/aromatic N) is 2. The van der Waals surface area contributed by atoms with E-state index < -0.39 is 0 Å². The second-order valence-corrected chi connectivity index (χ2v) is 5.46. The SMILES string of the molecule is CCCNCc1c(C)nn(Cc2ccc(CO)cc2)c1C. The minimum absolute atomic E-state index is 0.0907. The normalized spacial score (nSPS) is 11.0. The van der Waals surface area contributed by atoms with E-state index in [-0.39, 0.29) is 6.61 Å². The average molecular weight is 287 g/mol. The Balaban J connectivity index is 2.10. The zero-order valence-electron chi connectivity index (χ0n) is 13.2. The topological polar surface area (TPSA) is 50.1 Å². The summed E-state index contributed by atoms with van der Waals surface area (Å²) >= 11 is 0. The van der Waals surface area contributed by atoms with Crippen LogP contribution in [0.1, 0.15) is 41.4 Å². The number of hydrogen-bond acceptors (Lipinski definition) is 3. The molecule has 1 heterocycles. The van der Waals surface area contributed by atoms with Crippen molar-refractivity contribution in [3.05, 3.63) is 52.3 Å². The van der Waals surface area contributed by atoms with Gasteiger partial charge in [-0.1, -0.05) is 31.2 Å². The van der Waals surface area contributed by atoms with Crippen LogP contribution in [0.15, 0.2) is 24.3 Å². The predicted octanol–water partition coefficient (Wildman–Crippen LogP) is 2.54. The number of aromatic nitrogens is 2. The maximum atomic E-state index is 9.08. The molecule has 1 aromatic carbocycles. The number of aliphatic hydroxyl groups is 1. The predicted molar refractivity (Wildman–Crippen MR) is 85.2 cm³/mol. The Labute approximate surface area is 126 Å². The van der Waals surface area contributed by atoms with Crippen molar-refractivity contribution in [1.82, 2.24) is 15.1 Å². The summed E-state index contributed by atoms with van der Waals surface area (Å²) in [5.74, 6) is 0. The van der Waals surface area contributed by atoms with Crippen molar-refractivity contribution in [2.24, 2.45) is 0 Å². The zero-order chi connectivity index (χ0) is 15.2. The van der Waals surface area contributed by atoms with E-state index in [0.29, 0.717) is 0 Å². The van der Waals surface area contributed by atoms with Gasteiger partial charge in [0.1, 0.15) is 0 Å². The monoisotopic (exact) mass is 287 g/mol. The Hall–Kier alpha value is -1.65. The Morgan fingerprint density at radius 2 is 1.81 bits per heavy atom. The molecule has 0 atom stereocenters. The molecule has 1 aromatic heterocycles. The molecule has 4 heteroatoms. The van der Waals surface area contributed by atoms with Crippen LogP contribution in [0.2, 0.25) is 0 Å². The summed E-state index contributed by atoms with van der Waals surface area (Å²) in [6.45, 7) is 9.15. The van der Waals surface area contributed by atoms with Crippen molar-refractivity contribution < 1.29 is 5.11 Å². The number of aryl methyl sites for hydroxylation is 1. The number of aliphatic hydroxyl groups excluding tert-OH is 1. The number of nitrogens with one attached hydrogen (secondary N) is 1. The summed E-state index contributed by atoms with van der Waals surface area (Å²) in [6.07, 6.45) is 1.14. The molecule has 2 aromatic rings. The first-order valence-corrected chi connectivity index (χ1v) is 7.58. The Kier molecular flexibility index (Phi) is 5.53. The fourth-order valence-corrected chi connectivity index (χ4v) is 2.46. The Morgan fingerprint density at radius 3 is 2.43 bits per heavy atom. The lowest BCUT2D eigenvalue weighted by Crippen LogP contribution is -2.15. The Morgan fingerprint density at radius 1 is 1.14 bits per heavy atom. The van der Waals surface area contributed by atoms with Gasteiger partial charge in [-0.3, -0.25) is 4.68 Å². The lowest BCUT2D eigenvalue weighted by Gasteiger charge is -2.07. The van der Waals surface area contributed by atoms with Gasteiger partial charge in [0.2, 0.25) is 0 Å². The van der Waals surface area contributed by atoms with Crippen LogP contribution in [-0.2, 0) is 19.7 Å². The lowest BCUT2D eigenvalue weighted by atomic mass is 10.1. The molecule has 0 spiro atoms. The molecule has 0 aliphatic carbocycles. The standard InChI is InChI=1S/C17H25N3O/c1-4-9-18-10-17-13(2)19-20(14(17)3)11-15-5-7-16(12-21)8-6-15/h5-8,18,21H,4,9-12H2,1-3H3. The van der Waals surface area contributed by atoms with Crippen LogP contribution in [0.4, 0.5) is 0 Å². The van der Waals surface area contributed by atoms with E-state index in [1.54, 1.807) is 0 Å². The van der Waals surface area contributed by atoms with E-state index in [4.69, 9.17) is 5.11 Å². The van der Waals surface area contributed by atoms with Crippen molar-refractivity contribution in [3.63, 3.8) is 0 Å². The molecule has 0 amide bonds. The van der Waals surface area contributed by atoms with Gasteiger partial charge < -0.3 is 10.4 Å². The molecular weight excluding hydrogens is 262 g/mol. The molecule has 0 unspecified atom stereocenters. The number of hydrogen-bond donors (Lipinski definition) is 2. The highest BCUT2D eigenvalue weighted by atomic mass is 16.3. The molecule has 0 bridgehead atoms. The smallest absolute Gasteiger partial charge is 0.0681 e. The van der Waals surface area contributed by atoms with Gasteiger partial charge in [0.05, 0.1) is 18.8 Å². The minimum Gasteiger partial charge on any atom is -0.392 e. The van der Waals surface area contributed by atoms with Gasteiger partial charge in [-0.15, -0.1) is 0 Å². The summed E-state index contributed by atoms with van der Waals surface area (Å²) in [6, 6.07) is 8.03. The van der Waals surface area contributed by atoms with Crippen LogP contribution in [-0.4, -0.2) is 21.4 Å². The second-order valence-electron chi connectivity index (χ2n) is 5.46. The summed E-state index contributed by atoms with van der Waals surface area (Å²) in [5, 5.41) is 17.2. The van der Waals surface area contributed by atoms with E-state index in [0.717, 1.165) is 37.3 Å². The zero-order valence-corrected chi connectivity index (χ0v) is 13.2. The van der Waals surface area contributed by atoms with Crippen molar-refractivity contribution in [1.29, 1.82) is 0 Å². The maximum Gasteiger partial charge on any atom is 0.0681 e. The molecule has 0 saturated heterocycles. The van der Waals surface area contributed by atoms with Crippen LogP contribution in [0, 0.1) is 13.8 Å². The molecule has 114 valence electrons. The number of rotatable bonds is 7. The fraction of sp³-hybridized carbons (Fsp3) is 0.471. The first-order valence-electron chi connectivity index (χ1n) is 7.58. The van der Waals surface area contributed by atoms with Crippen molar-refractivity contribution in [2.75, 3.05) is 6.54 Å². The average Bonchev–Trinajstić information content (AvgIpc) is 2.75. The minimum atomic E-state index is 0.0907. The van der Waals surface area contributed by atoms with Gasteiger partial charge in [-0.2, -0.15) is 5.10 Å². The first kappa shape index (κ1) is 15.7. The van der Waals surface area contributed by atoms with Gasteiger partial charge in [0, 0.05) is 17.8 Å². The third-order valence-electron chi connectivity index (χ3n) is 3.80. The summed E-state index contributed by atoms with van der Waals surface area (Å²) in [7, 11) is 0. The molecule has 2 N–H and O–H groups in total. The highest BCUT2D eigenvalue weighted by Gasteiger charge is 2.11. The molecule has 0 aliphatic heterocycles. The quantitative estimate of drug-likeness (QED) is 0.769. The van der Waals surface area contributed by atoms with Crippen LogP contribution >= 0.6 is 0 Å². The largest absolute Gasteiger partial charge is 0.392 e. The lowest BCUT2D eigenvalue weighted by molar-refractivity contribution is 0.282. The van der Waals surface area contributed by atoms with E-state index in [1.165, 1.54) is 16.8 Å². The van der Waals surface area contributed by atoms with Crippen LogP contribution in [0.5, 0.6) is 0 Å². The molecule has 0 radical (unpaired) electrons. The second kappa shape index (κ2) is 7.38. The molecule has 2 rings (SSSR count). The Bertz CT molecular complexity index is 572. The van der Waals surface area contributed by atoms with Crippen LogP contribution < -0.4 is 5.32 Å². The van der Waals surface area contributed by atoms with Gasteiger partial charge in [0.25, 0.3) is 0 Å². The van der Waals surface area contributed by atoms with Crippen molar-refractivity contribution in [3.8, 4) is 0 Å². The summed E-state index contributed by atoms with van der Waals surface area (Å²) in [5.41, 5.74) is 5.77. The van der Waals surface area contributed by atoms with Gasteiger partial charge in [-0.25, -0.2) is 0 Å². The van der Waals surface area contributed by atoms with E-state index in [2.05, 4.69) is 48.0 Å². The van der Waals surface area contributed by atoms with E-state index >= 15 is 0 Å². The van der Waals surface area contributed by atoms with Crippen molar-refractivity contribution >= 4 is 0 Å². The van der Waals surface area contributed by atoms with Crippen LogP contribution in [0.3, 0.4) is 0 Å². The molecular formula is C17H25N3O. The third kappa shape index (κ3) is 3.93. The highest BCUT2D eigenvalue weighted by Crippen LogP contribution is 2.15. The molecule has 21 heavy (non-hydrogen) atoms. The maximum absolute atomic E-state index is 9.08. The van der Waals surface area contributed by atoms with Gasteiger partial charge in [0.15, 0.2) is 0 Å². The van der Waals surface area contributed by atoms with Crippen molar-refractivity contribution in [2.45, 2.75) is 46.9 Å². The number of benzene rings is 1. The molecule has 4 nitrogen and oxygen atoms in total. The molecule has 0 saturated carbocycles. The fourth-order valence-electron chi connectivity index (χ4n) is 2.46. The third-order valence-corrected chi connectivity index (χ3v) is 3.80.